The Labute approximate surface area is 103 Å². The summed E-state index contributed by atoms with van der Waals surface area (Å²) in [5, 5.41) is 0. The highest BCUT2D eigenvalue weighted by Gasteiger charge is 2.30. The van der Waals surface area contributed by atoms with Crippen LogP contribution < -0.4 is 10.6 Å². The first kappa shape index (κ1) is 11.0. The maximum atomic E-state index is 11.4. The van der Waals surface area contributed by atoms with Crippen molar-refractivity contribution >= 4 is 23.0 Å². The fourth-order valence-electron chi connectivity index (χ4n) is 2.05. The van der Waals surface area contributed by atoms with Crippen molar-refractivity contribution in [3.05, 3.63) is 24.3 Å². The molecule has 0 aliphatic carbocycles. The molecule has 94 valence electrons. The molecule has 2 heterocycles. The smallest absolute Gasteiger partial charge is 0.299 e. The number of anilines is 1. The number of fused-ring (bicyclic) bond motifs is 1. The zero-order valence-electron chi connectivity index (χ0n) is 9.70. The first-order valence-corrected chi connectivity index (χ1v) is 5.75. The molecule has 2 N–H and O–H groups in total. The summed E-state index contributed by atoms with van der Waals surface area (Å²) in [4.78, 5) is 17.5. The molecule has 0 radical (unpaired) electrons. The second-order valence-corrected chi connectivity index (χ2v) is 4.15. The van der Waals surface area contributed by atoms with E-state index in [1.165, 1.54) is 0 Å². The Balaban J connectivity index is 1.98. The molecule has 0 saturated carbocycles. The lowest BCUT2D eigenvalue weighted by Gasteiger charge is -2.31. The van der Waals surface area contributed by atoms with Gasteiger partial charge in [0.25, 0.3) is 6.01 Å². The van der Waals surface area contributed by atoms with E-state index in [0.717, 1.165) is 5.52 Å². The third-order valence-electron chi connectivity index (χ3n) is 2.99. The molecule has 1 fully saturated rings. The fraction of sp³-hybridized carbons (Fsp3) is 0.333. The standard InChI is InChI=1S/C12H13N3O3/c13-11(16)9-7-17-6-5-15(9)12-14-8-3-1-2-4-10(8)18-12/h1-4,9H,5-7H2,(H2,13,16). The van der Waals surface area contributed by atoms with Crippen molar-refractivity contribution < 1.29 is 13.9 Å². The van der Waals surface area contributed by atoms with Crippen molar-refractivity contribution in [1.29, 1.82) is 0 Å². The first-order valence-electron chi connectivity index (χ1n) is 5.75. The number of carbonyl (C=O) groups excluding carboxylic acids is 1. The van der Waals surface area contributed by atoms with Crippen molar-refractivity contribution in [2.75, 3.05) is 24.7 Å². The molecule has 1 amide bonds. The van der Waals surface area contributed by atoms with Gasteiger partial charge in [0.1, 0.15) is 11.6 Å². The maximum Gasteiger partial charge on any atom is 0.299 e. The van der Waals surface area contributed by atoms with E-state index >= 15 is 0 Å². The summed E-state index contributed by atoms with van der Waals surface area (Å²) in [6, 6.07) is 7.37. The summed E-state index contributed by atoms with van der Waals surface area (Å²) in [5.74, 6) is -0.433. The molecule has 1 aromatic carbocycles. The maximum absolute atomic E-state index is 11.4. The van der Waals surface area contributed by atoms with Crippen LogP contribution in [0.25, 0.3) is 11.1 Å². The normalized spacial score (nSPS) is 20.2. The minimum absolute atomic E-state index is 0.272. The molecule has 1 aromatic heterocycles. The Morgan fingerprint density at radius 2 is 2.28 bits per heavy atom. The van der Waals surface area contributed by atoms with Gasteiger partial charge in [-0.1, -0.05) is 12.1 Å². The number of primary amides is 1. The lowest BCUT2D eigenvalue weighted by atomic mass is 10.2. The molecule has 1 saturated heterocycles. The number of oxazole rings is 1. The number of carbonyl (C=O) groups is 1. The Morgan fingerprint density at radius 3 is 3.06 bits per heavy atom. The van der Waals surface area contributed by atoms with Gasteiger partial charge in [-0.15, -0.1) is 0 Å². The first-order chi connectivity index (χ1) is 8.75. The molecule has 6 nitrogen and oxygen atoms in total. The summed E-state index contributed by atoms with van der Waals surface area (Å²) in [6.07, 6.45) is 0. The number of rotatable bonds is 2. The van der Waals surface area contributed by atoms with Crippen LogP contribution in [0, 0.1) is 0 Å². The average molecular weight is 247 g/mol. The van der Waals surface area contributed by atoms with Gasteiger partial charge in [-0.2, -0.15) is 4.98 Å². The van der Waals surface area contributed by atoms with Crippen LogP contribution in [-0.2, 0) is 9.53 Å². The minimum atomic E-state index is -0.521. The number of nitrogens with zero attached hydrogens (tertiary/aromatic N) is 2. The van der Waals surface area contributed by atoms with Crippen LogP contribution in [0.15, 0.2) is 28.7 Å². The number of morpholine rings is 1. The molecular formula is C12H13N3O3. The van der Waals surface area contributed by atoms with Crippen LogP contribution in [0.1, 0.15) is 0 Å². The number of amides is 1. The second kappa shape index (κ2) is 4.30. The Kier molecular flexibility index (Phi) is 2.64. The number of nitrogens with two attached hydrogens (primary N) is 1. The Morgan fingerprint density at radius 1 is 1.44 bits per heavy atom. The van der Waals surface area contributed by atoms with Gasteiger partial charge in [0.05, 0.1) is 13.2 Å². The van der Waals surface area contributed by atoms with Crippen LogP contribution in [-0.4, -0.2) is 36.7 Å². The molecule has 0 bridgehead atoms. The topological polar surface area (TPSA) is 81.6 Å². The summed E-state index contributed by atoms with van der Waals surface area (Å²) in [5.41, 5.74) is 6.82. The Bertz CT molecular complexity index is 548. The monoisotopic (exact) mass is 247 g/mol. The van der Waals surface area contributed by atoms with Crippen molar-refractivity contribution in [3.8, 4) is 0 Å². The van der Waals surface area contributed by atoms with Crippen LogP contribution in [0.3, 0.4) is 0 Å². The SMILES string of the molecule is NC(=O)C1COCCN1c1nc2ccccc2o1. The zero-order chi connectivity index (χ0) is 12.5. The highest BCUT2D eigenvalue weighted by Crippen LogP contribution is 2.24. The molecular weight excluding hydrogens is 234 g/mol. The molecule has 0 spiro atoms. The summed E-state index contributed by atoms with van der Waals surface area (Å²) in [7, 11) is 0. The van der Waals surface area contributed by atoms with Crippen LogP contribution in [0.5, 0.6) is 0 Å². The molecule has 3 rings (SSSR count). The number of aromatic nitrogens is 1. The zero-order valence-corrected chi connectivity index (χ0v) is 9.70. The third kappa shape index (κ3) is 1.80. The van der Waals surface area contributed by atoms with E-state index < -0.39 is 11.9 Å². The van der Waals surface area contributed by atoms with Gasteiger partial charge in [0.15, 0.2) is 5.58 Å². The second-order valence-electron chi connectivity index (χ2n) is 4.15. The van der Waals surface area contributed by atoms with Crippen LogP contribution >= 0.6 is 0 Å². The number of benzene rings is 1. The van der Waals surface area contributed by atoms with E-state index in [-0.39, 0.29) is 6.61 Å². The van der Waals surface area contributed by atoms with Gasteiger partial charge in [0, 0.05) is 6.54 Å². The van der Waals surface area contributed by atoms with Gasteiger partial charge >= 0.3 is 0 Å². The summed E-state index contributed by atoms with van der Waals surface area (Å²) < 4.78 is 10.9. The van der Waals surface area contributed by atoms with Crippen molar-refractivity contribution in [2.45, 2.75) is 6.04 Å². The molecule has 1 aliphatic heterocycles. The van der Waals surface area contributed by atoms with Gasteiger partial charge in [-0.3, -0.25) is 4.79 Å². The van der Waals surface area contributed by atoms with Gasteiger partial charge in [-0.05, 0) is 12.1 Å². The van der Waals surface area contributed by atoms with E-state index in [0.29, 0.717) is 24.7 Å². The predicted molar refractivity (Wildman–Crippen MR) is 65.2 cm³/mol. The molecule has 1 aliphatic rings. The molecule has 1 unspecified atom stereocenters. The lowest BCUT2D eigenvalue weighted by Crippen LogP contribution is -2.52. The number of para-hydroxylation sites is 2. The van der Waals surface area contributed by atoms with E-state index in [2.05, 4.69) is 4.98 Å². The van der Waals surface area contributed by atoms with Crippen molar-refractivity contribution in [2.24, 2.45) is 5.73 Å². The summed E-state index contributed by atoms with van der Waals surface area (Å²) in [6.45, 7) is 1.34. The van der Waals surface area contributed by atoms with E-state index in [1.54, 1.807) is 4.90 Å². The molecule has 1 atom stereocenters. The number of hydrogen-bond acceptors (Lipinski definition) is 5. The van der Waals surface area contributed by atoms with Gasteiger partial charge in [-0.25, -0.2) is 0 Å². The van der Waals surface area contributed by atoms with Crippen LogP contribution in [0.4, 0.5) is 6.01 Å². The van der Waals surface area contributed by atoms with Gasteiger partial charge in [0.2, 0.25) is 5.91 Å². The number of hydrogen-bond donors (Lipinski definition) is 1. The third-order valence-corrected chi connectivity index (χ3v) is 2.99. The quantitative estimate of drug-likeness (QED) is 0.836. The van der Waals surface area contributed by atoms with Crippen molar-refractivity contribution in [1.82, 2.24) is 4.98 Å². The van der Waals surface area contributed by atoms with E-state index in [4.69, 9.17) is 14.9 Å². The molecule has 18 heavy (non-hydrogen) atoms. The van der Waals surface area contributed by atoms with Gasteiger partial charge < -0.3 is 19.8 Å². The largest absolute Gasteiger partial charge is 0.423 e. The van der Waals surface area contributed by atoms with E-state index in [9.17, 15) is 4.79 Å². The lowest BCUT2D eigenvalue weighted by molar-refractivity contribution is -0.121. The van der Waals surface area contributed by atoms with E-state index in [1.807, 2.05) is 24.3 Å². The fourth-order valence-corrected chi connectivity index (χ4v) is 2.05. The number of ether oxygens (including phenoxy) is 1. The highest BCUT2D eigenvalue weighted by molar-refractivity contribution is 5.84. The highest BCUT2D eigenvalue weighted by atomic mass is 16.5. The average Bonchev–Trinajstić information content (AvgIpc) is 2.82. The molecule has 6 heteroatoms. The minimum Gasteiger partial charge on any atom is -0.423 e. The summed E-state index contributed by atoms with van der Waals surface area (Å²) >= 11 is 0. The van der Waals surface area contributed by atoms with Crippen molar-refractivity contribution in [3.63, 3.8) is 0 Å². The van der Waals surface area contributed by atoms with Crippen LogP contribution in [0.2, 0.25) is 0 Å². The predicted octanol–water partition coefficient (Wildman–Crippen LogP) is 0.518. The Hall–Kier alpha value is -2.08. The molecule has 2 aromatic rings.